The van der Waals surface area contributed by atoms with Gasteiger partial charge in [-0.3, -0.25) is 4.57 Å². The molecule has 1 aromatic heterocycles. The van der Waals surface area contributed by atoms with Gasteiger partial charge in [0.05, 0.1) is 6.54 Å². The van der Waals surface area contributed by atoms with Crippen molar-refractivity contribution in [3.05, 3.63) is 52.4 Å². The minimum atomic E-state index is -3.51. The maximum Gasteiger partial charge on any atom is 0.343 e. The number of nitrogens with zero attached hydrogens (tertiary/aromatic N) is 2. The second-order valence-electron chi connectivity index (χ2n) is 4.36. The van der Waals surface area contributed by atoms with Gasteiger partial charge in [-0.1, -0.05) is 18.2 Å². The lowest BCUT2D eigenvalue weighted by Gasteiger charge is -2.19. The Morgan fingerprint density at radius 1 is 1.48 bits per heavy atom. The smallest absolute Gasteiger partial charge is 0.343 e. The second-order valence-corrected chi connectivity index (χ2v) is 4.80. The number of H-pyrrole nitrogens is 1. The Balaban J connectivity index is 2.37. The molecule has 2 aromatic rings. The zero-order valence-corrected chi connectivity index (χ0v) is 11.5. The summed E-state index contributed by atoms with van der Waals surface area (Å²) in [5.74, 6) is -3.37. The number of nitrogens with one attached hydrogen (secondary N) is 1. The third kappa shape index (κ3) is 3.20. The molecule has 0 bridgehead atoms. The fourth-order valence-electron chi connectivity index (χ4n) is 1.74. The number of benzene rings is 1. The lowest BCUT2D eigenvalue weighted by Crippen LogP contribution is -2.37. The van der Waals surface area contributed by atoms with Crippen LogP contribution in [0, 0.1) is 0 Å². The first-order valence-electron chi connectivity index (χ1n) is 5.96. The van der Waals surface area contributed by atoms with Gasteiger partial charge in [-0.15, -0.1) is 0 Å². The van der Waals surface area contributed by atoms with Crippen LogP contribution < -0.4 is 5.69 Å². The van der Waals surface area contributed by atoms with Crippen molar-refractivity contribution in [3.63, 3.8) is 0 Å². The molecule has 0 aliphatic rings. The van der Waals surface area contributed by atoms with Crippen LogP contribution in [0.5, 0.6) is 0 Å². The number of aliphatic hydroxyl groups is 1. The second kappa shape index (κ2) is 5.79. The zero-order valence-electron chi connectivity index (χ0n) is 10.8. The minimum absolute atomic E-state index is 0.135. The van der Waals surface area contributed by atoms with Gasteiger partial charge in [0.2, 0.25) is 0 Å². The van der Waals surface area contributed by atoms with E-state index in [-0.39, 0.29) is 5.82 Å². The number of rotatable bonds is 5. The van der Waals surface area contributed by atoms with E-state index in [1.165, 1.54) is 0 Å². The van der Waals surface area contributed by atoms with Gasteiger partial charge < -0.3 is 5.11 Å². The standard InChI is InChI=1S/C13H12ClF2N3O2/c1-2-13(15,16)10(20)7-19-11(17-18-12(19)21)8-3-5-9(14)6-4-8/h2-6,10,20H,1,7H2,(H,18,21)/t10-/m0/s1. The number of hydrogen-bond acceptors (Lipinski definition) is 3. The van der Waals surface area contributed by atoms with Gasteiger partial charge in [0.25, 0.3) is 5.92 Å². The van der Waals surface area contributed by atoms with Gasteiger partial charge in [-0.25, -0.2) is 9.89 Å². The zero-order chi connectivity index (χ0) is 15.6. The molecule has 1 aromatic carbocycles. The highest BCUT2D eigenvalue weighted by atomic mass is 35.5. The van der Waals surface area contributed by atoms with E-state index in [0.29, 0.717) is 16.7 Å². The van der Waals surface area contributed by atoms with Gasteiger partial charge in [0.15, 0.2) is 5.82 Å². The fourth-order valence-corrected chi connectivity index (χ4v) is 1.86. The van der Waals surface area contributed by atoms with Crippen LogP contribution in [0.2, 0.25) is 5.02 Å². The molecule has 1 atom stereocenters. The van der Waals surface area contributed by atoms with Crippen LogP contribution in [-0.2, 0) is 6.54 Å². The normalized spacial score (nSPS) is 13.1. The summed E-state index contributed by atoms with van der Waals surface area (Å²) in [6.07, 6.45) is -1.75. The predicted octanol–water partition coefficient (Wildman–Crippen LogP) is 2.07. The quantitative estimate of drug-likeness (QED) is 0.830. The van der Waals surface area contributed by atoms with E-state index in [2.05, 4.69) is 16.8 Å². The van der Waals surface area contributed by atoms with Crippen LogP contribution in [0.1, 0.15) is 0 Å². The molecule has 0 amide bonds. The number of aromatic nitrogens is 3. The molecule has 112 valence electrons. The number of aliphatic hydroxyl groups excluding tert-OH is 1. The summed E-state index contributed by atoms with van der Waals surface area (Å²) in [6, 6.07) is 6.34. The van der Waals surface area contributed by atoms with Crippen LogP contribution in [0.4, 0.5) is 8.78 Å². The average molecular weight is 316 g/mol. The summed E-state index contributed by atoms with van der Waals surface area (Å²) in [4.78, 5) is 11.7. The molecule has 5 nitrogen and oxygen atoms in total. The van der Waals surface area contributed by atoms with Crippen molar-refractivity contribution in [2.75, 3.05) is 0 Å². The first-order chi connectivity index (χ1) is 9.85. The fraction of sp³-hybridized carbons (Fsp3) is 0.231. The highest BCUT2D eigenvalue weighted by molar-refractivity contribution is 6.30. The molecular weight excluding hydrogens is 304 g/mol. The Kier molecular flexibility index (Phi) is 4.24. The van der Waals surface area contributed by atoms with Crippen molar-refractivity contribution in [3.8, 4) is 11.4 Å². The Hall–Kier alpha value is -1.99. The van der Waals surface area contributed by atoms with Gasteiger partial charge in [-0.05, 0) is 30.3 Å². The molecule has 0 saturated carbocycles. The van der Waals surface area contributed by atoms with E-state index in [4.69, 9.17) is 11.6 Å². The molecule has 0 spiro atoms. The van der Waals surface area contributed by atoms with E-state index < -0.39 is 24.3 Å². The van der Waals surface area contributed by atoms with E-state index in [0.717, 1.165) is 4.57 Å². The van der Waals surface area contributed by atoms with Crippen molar-refractivity contribution in [2.24, 2.45) is 0 Å². The molecule has 0 aliphatic carbocycles. The minimum Gasteiger partial charge on any atom is -0.385 e. The Morgan fingerprint density at radius 3 is 2.67 bits per heavy atom. The first kappa shape index (κ1) is 15.4. The van der Waals surface area contributed by atoms with Crippen LogP contribution in [-0.4, -0.2) is 31.9 Å². The Morgan fingerprint density at radius 2 is 2.10 bits per heavy atom. The van der Waals surface area contributed by atoms with E-state index in [1.807, 2.05) is 0 Å². The summed E-state index contributed by atoms with van der Waals surface area (Å²) in [5.41, 5.74) is -0.189. The van der Waals surface area contributed by atoms with Gasteiger partial charge >= 0.3 is 5.69 Å². The molecule has 0 radical (unpaired) electrons. The summed E-state index contributed by atoms with van der Waals surface area (Å²) in [7, 11) is 0. The number of alkyl halides is 2. The van der Waals surface area contributed by atoms with Gasteiger partial charge in [-0.2, -0.15) is 13.9 Å². The molecule has 8 heteroatoms. The first-order valence-corrected chi connectivity index (χ1v) is 6.33. The summed E-state index contributed by atoms with van der Waals surface area (Å²) in [5, 5.41) is 16.0. The van der Waals surface area contributed by atoms with Crippen molar-refractivity contribution < 1.29 is 13.9 Å². The Bertz CT molecular complexity index is 694. The highest BCUT2D eigenvalue weighted by Gasteiger charge is 2.35. The third-order valence-electron chi connectivity index (χ3n) is 2.93. The number of aromatic amines is 1. The highest BCUT2D eigenvalue weighted by Crippen LogP contribution is 2.23. The average Bonchev–Trinajstić information content (AvgIpc) is 2.81. The van der Waals surface area contributed by atoms with Crippen LogP contribution >= 0.6 is 11.6 Å². The molecule has 0 aliphatic heterocycles. The molecule has 0 saturated heterocycles. The number of halogens is 3. The van der Waals surface area contributed by atoms with E-state index >= 15 is 0 Å². The summed E-state index contributed by atoms with van der Waals surface area (Å²) < 4.78 is 27.6. The lowest BCUT2D eigenvalue weighted by atomic mass is 10.1. The summed E-state index contributed by atoms with van der Waals surface area (Å²) in [6.45, 7) is 2.34. The van der Waals surface area contributed by atoms with E-state index in [9.17, 15) is 18.7 Å². The molecular formula is C13H12ClF2N3O2. The van der Waals surface area contributed by atoms with Crippen molar-refractivity contribution in [2.45, 2.75) is 18.6 Å². The summed E-state index contributed by atoms with van der Waals surface area (Å²) >= 11 is 5.76. The molecule has 2 N–H and O–H groups in total. The van der Waals surface area contributed by atoms with Gasteiger partial charge in [0, 0.05) is 10.6 Å². The molecule has 0 fully saturated rings. The van der Waals surface area contributed by atoms with Crippen LogP contribution in [0.3, 0.4) is 0 Å². The maximum atomic E-state index is 13.3. The monoisotopic (exact) mass is 315 g/mol. The van der Waals surface area contributed by atoms with Crippen LogP contribution in [0.15, 0.2) is 41.7 Å². The maximum absolute atomic E-state index is 13.3. The van der Waals surface area contributed by atoms with Crippen molar-refractivity contribution >= 4 is 11.6 Å². The molecule has 2 rings (SSSR count). The topological polar surface area (TPSA) is 70.9 Å². The third-order valence-corrected chi connectivity index (χ3v) is 3.18. The molecule has 1 heterocycles. The Labute approximate surface area is 123 Å². The van der Waals surface area contributed by atoms with Crippen molar-refractivity contribution in [1.29, 1.82) is 0 Å². The predicted molar refractivity (Wildman–Crippen MR) is 74.4 cm³/mol. The van der Waals surface area contributed by atoms with Crippen molar-refractivity contribution in [1.82, 2.24) is 14.8 Å². The molecule has 0 unspecified atom stereocenters. The lowest BCUT2D eigenvalue weighted by molar-refractivity contribution is -0.0760. The van der Waals surface area contributed by atoms with Crippen LogP contribution in [0.25, 0.3) is 11.4 Å². The largest absolute Gasteiger partial charge is 0.385 e. The van der Waals surface area contributed by atoms with E-state index in [1.54, 1.807) is 24.3 Å². The van der Waals surface area contributed by atoms with Gasteiger partial charge in [0.1, 0.15) is 6.10 Å². The molecule has 21 heavy (non-hydrogen) atoms. The number of hydrogen-bond donors (Lipinski definition) is 2. The SMILES string of the molecule is C=CC(F)(F)[C@@H](O)Cn1c(-c2ccc(Cl)cc2)n[nH]c1=O.